The van der Waals surface area contributed by atoms with Gasteiger partial charge in [0.2, 0.25) is 0 Å². The number of carbonyl (C=O) groups is 1. The maximum Gasteiger partial charge on any atom is 0.313 e. The van der Waals surface area contributed by atoms with E-state index in [0.717, 1.165) is 5.56 Å². The van der Waals surface area contributed by atoms with Crippen LogP contribution in [0, 0.1) is 6.92 Å². The number of carboxylic acid groups (broad SMARTS) is 1. The SMILES string of the molecule is Cc1cccc(C(C)(C)C(=O)O)c1Cl. The maximum atomic E-state index is 11.0. The molecule has 0 aliphatic rings. The van der Waals surface area contributed by atoms with Gasteiger partial charge >= 0.3 is 5.97 Å². The normalized spacial score (nSPS) is 11.4. The van der Waals surface area contributed by atoms with Crippen molar-refractivity contribution in [3.8, 4) is 0 Å². The summed E-state index contributed by atoms with van der Waals surface area (Å²) >= 11 is 6.06. The first-order valence-electron chi connectivity index (χ1n) is 4.36. The zero-order valence-electron chi connectivity index (χ0n) is 8.47. The molecule has 1 aromatic rings. The maximum absolute atomic E-state index is 11.0. The van der Waals surface area contributed by atoms with E-state index >= 15 is 0 Å². The largest absolute Gasteiger partial charge is 0.481 e. The molecule has 1 rings (SSSR count). The molecule has 3 heteroatoms. The van der Waals surface area contributed by atoms with Crippen molar-refractivity contribution in [3.05, 3.63) is 34.3 Å². The van der Waals surface area contributed by atoms with Crippen LogP contribution in [0.3, 0.4) is 0 Å². The van der Waals surface area contributed by atoms with Gasteiger partial charge < -0.3 is 5.11 Å². The number of rotatable bonds is 2. The Balaban J connectivity index is 3.33. The quantitative estimate of drug-likeness (QED) is 0.818. The zero-order chi connectivity index (χ0) is 10.9. The lowest BCUT2D eigenvalue weighted by molar-refractivity contribution is -0.142. The molecule has 0 heterocycles. The smallest absolute Gasteiger partial charge is 0.313 e. The minimum absolute atomic E-state index is 0.542. The van der Waals surface area contributed by atoms with Gasteiger partial charge in [-0.2, -0.15) is 0 Å². The molecule has 0 bridgehead atoms. The summed E-state index contributed by atoms with van der Waals surface area (Å²) in [4.78, 5) is 11.0. The second-order valence-electron chi connectivity index (χ2n) is 3.87. The summed E-state index contributed by atoms with van der Waals surface area (Å²) in [5.74, 6) is -0.870. The van der Waals surface area contributed by atoms with Gasteiger partial charge in [0.25, 0.3) is 0 Å². The Morgan fingerprint density at radius 2 is 2.00 bits per heavy atom. The minimum Gasteiger partial charge on any atom is -0.481 e. The molecule has 0 spiro atoms. The van der Waals surface area contributed by atoms with Gasteiger partial charge in [0.05, 0.1) is 5.41 Å². The molecule has 0 unspecified atom stereocenters. The third-order valence-corrected chi connectivity index (χ3v) is 2.90. The van der Waals surface area contributed by atoms with E-state index in [9.17, 15) is 4.79 Å². The molecule has 1 aromatic carbocycles. The van der Waals surface area contributed by atoms with E-state index in [0.29, 0.717) is 10.6 Å². The molecule has 2 nitrogen and oxygen atoms in total. The average Bonchev–Trinajstić information content (AvgIpc) is 2.09. The highest BCUT2D eigenvalue weighted by Crippen LogP contribution is 2.31. The first-order chi connectivity index (χ1) is 6.37. The molecule has 0 amide bonds. The number of benzene rings is 1. The van der Waals surface area contributed by atoms with Crippen molar-refractivity contribution in [3.63, 3.8) is 0 Å². The molecule has 0 saturated carbocycles. The van der Waals surface area contributed by atoms with E-state index in [4.69, 9.17) is 16.7 Å². The van der Waals surface area contributed by atoms with Crippen molar-refractivity contribution < 1.29 is 9.90 Å². The van der Waals surface area contributed by atoms with Gasteiger partial charge in [-0.15, -0.1) is 0 Å². The molecule has 0 radical (unpaired) electrons. The predicted molar refractivity (Wildman–Crippen MR) is 56.9 cm³/mol. The lowest BCUT2D eigenvalue weighted by atomic mass is 9.84. The molecule has 14 heavy (non-hydrogen) atoms. The summed E-state index contributed by atoms with van der Waals surface area (Å²) in [6.45, 7) is 5.16. The Bertz CT molecular complexity index is 370. The van der Waals surface area contributed by atoms with Crippen molar-refractivity contribution in [1.82, 2.24) is 0 Å². The summed E-state index contributed by atoms with van der Waals surface area (Å²) in [5, 5.41) is 9.59. The lowest BCUT2D eigenvalue weighted by Crippen LogP contribution is -2.28. The molecule has 0 aromatic heterocycles. The molecule has 1 N–H and O–H groups in total. The van der Waals surface area contributed by atoms with E-state index in [1.54, 1.807) is 19.9 Å². The Kier molecular flexibility index (Phi) is 2.86. The fourth-order valence-electron chi connectivity index (χ4n) is 1.25. The second kappa shape index (κ2) is 3.62. The predicted octanol–water partition coefficient (Wildman–Crippen LogP) is 3.01. The second-order valence-corrected chi connectivity index (χ2v) is 4.24. The third kappa shape index (κ3) is 1.75. The number of hydrogen-bond acceptors (Lipinski definition) is 1. The van der Waals surface area contributed by atoms with Crippen LogP contribution in [0.1, 0.15) is 25.0 Å². The Morgan fingerprint density at radius 3 is 2.50 bits per heavy atom. The molecule has 76 valence electrons. The van der Waals surface area contributed by atoms with Gasteiger partial charge in [-0.25, -0.2) is 0 Å². The van der Waals surface area contributed by atoms with Crippen LogP contribution in [-0.2, 0) is 10.2 Å². The fourth-order valence-corrected chi connectivity index (χ4v) is 1.61. The molecular weight excluding hydrogens is 200 g/mol. The van der Waals surface area contributed by atoms with Crippen molar-refractivity contribution in [2.45, 2.75) is 26.2 Å². The fraction of sp³-hybridized carbons (Fsp3) is 0.364. The summed E-state index contributed by atoms with van der Waals surface area (Å²) < 4.78 is 0. The van der Waals surface area contributed by atoms with E-state index in [1.165, 1.54) is 0 Å². The zero-order valence-corrected chi connectivity index (χ0v) is 9.22. The summed E-state index contributed by atoms with van der Waals surface area (Å²) in [6, 6.07) is 5.44. The minimum atomic E-state index is -0.941. The molecular formula is C11H13ClO2. The highest BCUT2D eigenvalue weighted by Gasteiger charge is 2.31. The third-order valence-electron chi connectivity index (χ3n) is 2.40. The lowest BCUT2D eigenvalue weighted by Gasteiger charge is -2.21. The standard InChI is InChI=1S/C11H13ClO2/c1-7-5-4-6-8(9(7)12)11(2,3)10(13)14/h4-6H,1-3H3,(H,13,14). The van der Waals surface area contributed by atoms with Gasteiger partial charge in [-0.1, -0.05) is 29.8 Å². The number of hydrogen-bond donors (Lipinski definition) is 1. The van der Waals surface area contributed by atoms with E-state index < -0.39 is 11.4 Å². The average molecular weight is 213 g/mol. The molecule has 0 fully saturated rings. The van der Waals surface area contributed by atoms with E-state index in [1.807, 2.05) is 19.1 Å². The first kappa shape index (κ1) is 11.1. The van der Waals surface area contributed by atoms with Crippen LogP contribution in [0.25, 0.3) is 0 Å². The van der Waals surface area contributed by atoms with Gasteiger partial charge in [-0.3, -0.25) is 4.79 Å². The molecule has 0 atom stereocenters. The number of aliphatic carboxylic acids is 1. The van der Waals surface area contributed by atoms with Gasteiger partial charge in [0.15, 0.2) is 0 Å². The molecule has 0 saturated heterocycles. The highest BCUT2D eigenvalue weighted by molar-refractivity contribution is 6.32. The topological polar surface area (TPSA) is 37.3 Å². The Labute approximate surface area is 88.5 Å². The number of halogens is 1. The Morgan fingerprint density at radius 1 is 1.43 bits per heavy atom. The van der Waals surface area contributed by atoms with Gasteiger partial charge in [0.1, 0.15) is 0 Å². The highest BCUT2D eigenvalue weighted by atomic mass is 35.5. The van der Waals surface area contributed by atoms with Crippen molar-refractivity contribution in [1.29, 1.82) is 0 Å². The van der Waals surface area contributed by atoms with Crippen LogP contribution < -0.4 is 0 Å². The van der Waals surface area contributed by atoms with Crippen LogP contribution >= 0.6 is 11.6 Å². The number of aryl methyl sites for hydroxylation is 1. The van der Waals surface area contributed by atoms with Crippen molar-refractivity contribution in [2.24, 2.45) is 0 Å². The van der Waals surface area contributed by atoms with Crippen molar-refractivity contribution >= 4 is 17.6 Å². The van der Waals surface area contributed by atoms with Crippen LogP contribution in [0.5, 0.6) is 0 Å². The number of carboxylic acids is 1. The van der Waals surface area contributed by atoms with E-state index in [2.05, 4.69) is 0 Å². The summed E-state index contributed by atoms with van der Waals surface area (Å²) in [5.41, 5.74) is 0.619. The monoisotopic (exact) mass is 212 g/mol. The van der Waals surface area contributed by atoms with Gasteiger partial charge in [-0.05, 0) is 31.9 Å². The molecule has 0 aliphatic carbocycles. The van der Waals surface area contributed by atoms with Crippen molar-refractivity contribution in [2.75, 3.05) is 0 Å². The summed E-state index contributed by atoms with van der Waals surface area (Å²) in [6.07, 6.45) is 0. The Hall–Kier alpha value is -1.02. The van der Waals surface area contributed by atoms with Crippen LogP contribution in [0.15, 0.2) is 18.2 Å². The van der Waals surface area contributed by atoms with E-state index in [-0.39, 0.29) is 0 Å². The van der Waals surface area contributed by atoms with Crippen LogP contribution in [0.4, 0.5) is 0 Å². The summed E-state index contributed by atoms with van der Waals surface area (Å²) in [7, 11) is 0. The molecule has 0 aliphatic heterocycles. The van der Waals surface area contributed by atoms with Gasteiger partial charge in [0, 0.05) is 5.02 Å². The first-order valence-corrected chi connectivity index (χ1v) is 4.74. The van der Waals surface area contributed by atoms with Crippen LogP contribution in [0.2, 0.25) is 5.02 Å². The van der Waals surface area contributed by atoms with Crippen LogP contribution in [-0.4, -0.2) is 11.1 Å².